The van der Waals surface area contributed by atoms with Crippen LogP contribution in [0.15, 0.2) is 271 Å². The summed E-state index contributed by atoms with van der Waals surface area (Å²) in [4.78, 5) is 2.45. The summed E-state index contributed by atoms with van der Waals surface area (Å²) in [6.07, 6.45) is 0. The number of aromatic nitrogens is 1. The molecule has 0 spiro atoms. The third-order valence-electron chi connectivity index (χ3n) is 14.4. The van der Waals surface area contributed by atoms with E-state index in [1.54, 1.807) is 0 Å². The lowest BCUT2D eigenvalue weighted by atomic mass is 9.91. The number of hydrogen-bond acceptors (Lipinski definition) is 2. The van der Waals surface area contributed by atoms with Gasteiger partial charge in [0.15, 0.2) is 0 Å². The molecular formula is C68H44N2O. The minimum atomic E-state index is 0.873. The maximum Gasteiger partial charge on any atom is 0.136 e. The van der Waals surface area contributed by atoms with Gasteiger partial charge in [-0.05, 0) is 128 Å². The summed E-state index contributed by atoms with van der Waals surface area (Å²) in [5.41, 5.74) is 17.7. The van der Waals surface area contributed by atoms with E-state index in [4.69, 9.17) is 4.42 Å². The predicted octanol–water partition coefficient (Wildman–Crippen LogP) is 19.1. The fraction of sp³-hybridized carbons (Fsp3) is 0. The molecule has 71 heavy (non-hydrogen) atoms. The van der Waals surface area contributed by atoms with E-state index in [9.17, 15) is 0 Å². The molecule has 2 heterocycles. The summed E-state index contributed by atoms with van der Waals surface area (Å²) in [5, 5.41) is 9.66. The van der Waals surface area contributed by atoms with Crippen LogP contribution in [0.3, 0.4) is 0 Å². The summed E-state index contributed by atoms with van der Waals surface area (Å²) >= 11 is 0. The van der Waals surface area contributed by atoms with Gasteiger partial charge in [-0.3, -0.25) is 0 Å². The summed E-state index contributed by atoms with van der Waals surface area (Å²) in [5.74, 6) is 0. The second-order valence-electron chi connectivity index (χ2n) is 18.4. The highest BCUT2D eigenvalue weighted by atomic mass is 16.3. The van der Waals surface area contributed by atoms with Crippen LogP contribution >= 0.6 is 0 Å². The Hall–Kier alpha value is -9.44. The summed E-state index contributed by atoms with van der Waals surface area (Å²) in [6.45, 7) is 0. The number of benzene rings is 12. The lowest BCUT2D eigenvalue weighted by molar-refractivity contribution is 0.669. The summed E-state index contributed by atoms with van der Waals surface area (Å²) < 4.78 is 8.86. The molecule has 0 saturated heterocycles. The van der Waals surface area contributed by atoms with Gasteiger partial charge < -0.3 is 13.9 Å². The molecule has 0 N–H and O–H groups in total. The number of hydrogen-bond donors (Lipinski definition) is 0. The van der Waals surface area contributed by atoms with Crippen molar-refractivity contribution >= 4 is 82.4 Å². The quantitative estimate of drug-likeness (QED) is 0.142. The van der Waals surface area contributed by atoms with Crippen LogP contribution in [0.4, 0.5) is 17.1 Å². The van der Waals surface area contributed by atoms with Crippen molar-refractivity contribution in [3.05, 3.63) is 267 Å². The van der Waals surface area contributed by atoms with Crippen molar-refractivity contribution in [1.82, 2.24) is 4.57 Å². The van der Waals surface area contributed by atoms with Crippen molar-refractivity contribution in [2.45, 2.75) is 0 Å². The molecule has 0 aliphatic heterocycles. The van der Waals surface area contributed by atoms with Crippen molar-refractivity contribution in [3.8, 4) is 50.2 Å². The smallest absolute Gasteiger partial charge is 0.136 e. The first-order valence-electron chi connectivity index (χ1n) is 24.3. The average molecular weight is 905 g/mol. The first-order valence-corrected chi connectivity index (χ1v) is 24.3. The Kier molecular flexibility index (Phi) is 9.53. The maximum atomic E-state index is 6.47. The van der Waals surface area contributed by atoms with Crippen LogP contribution in [0, 0.1) is 0 Å². The molecule has 0 unspecified atom stereocenters. The molecule has 3 heteroatoms. The third kappa shape index (κ3) is 6.74. The van der Waals surface area contributed by atoms with E-state index in [1.807, 2.05) is 6.07 Å². The van der Waals surface area contributed by atoms with Gasteiger partial charge in [0.25, 0.3) is 0 Å². The van der Waals surface area contributed by atoms with Gasteiger partial charge in [0, 0.05) is 44.0 Å². The average Bonchev–Trinajstić information content (AvgIpc) is 4.00. The molecule has 3 nitrogen and oxygen atoms in total. The van der Waals surface area contributed by atoms with Crippen LogP contribution < -0.4 is 4.90 Å². The molecule has 0 aliphatic rings. The van der Waals surface area contributed by atoms with Gasteiger partial charge in [-0.25, -0.2) is 0 Å². The highest BCUT2D eigenvalue weighted by Crippen LogP contribution is 2.49. The minimum Gasteiger partial charge on any atom is -0.456 e. The predicted molar refractivity (Wildman–Crippen MR) is 299 cm³/mol. The molecule has 14 rings (SSSR count). The number of nitrogens with zero attached hydrogens (tertiary/aromatic N) is 2. The Labute approximate surface area is 411 Å². The summed E-state index contributed by atoms with van der Waals surface area (Å²) in [7, 11) is 0. The minimum absolute atomic E-state index is 0.873. The Morgan fingerprint density at radius 1 is 0.296 bits per heavy atom. The third-order valence-corrected chi connectivity index (χ3v) is 14.4. The van der Waals surface area contributed by atoms with E-state index >= 15 is 0 Å². The Morgan fingerprint density at radius 3 is 1.54 bits per heavy atom. The van der Waals surface area contributed by atoms with Gasteiger partial charge in [-0.1, -0.05) is 194 Å². The topological polar surface area (TPSA) is 21.3 Å². The van der Waals surface area contributed by atoms with E-state index in [0.717, 1.165) is 72.5 Å². The molecule has 0 bridgehead atoms. The molecule has 12 aromatic carbocycles. The Bertz CT molecular complexity index is 4310. The fourth-order valence-electron chi connectivity index (χ4n) is 11.2. The second kappa shape index (κ2) is 16.7. The van der Waals surface area contributed by atoms with Crippen molar-refractivity contribution in [1.29, 1.82) is 0 Å². The van der Waals surface area contributed by atoms with Crippen LogP contribution in [0.5, 0.6) is 0 Å². The standard InChI is InChI=1S/C68H44N2O/c1-2-23-52-49(18-1)44-61(54-25-4-3-24-53(52)54)58-29-8-13-35-65(58)69(64-34-12-7-28-57(64)59-31-17-37-67-68(59)60-30-9-14-36-66(60)71-67)50-40-38-45(39-41-50)46-19-15-20-47(42-46)48-21-16-22-51(43-48)70-62-32-10-5-26-55(62)56-27-6-11-33-63(56)70/h1-44H. The molecule has 0 aliphatic carbocycles. The highest BCUT2D eigenvalue weighted by molar-refractivity contribution is 6.17. The van der Waals surface area contributed by atoms with Crippen LogP contribution in [0.2, 0.25) is 0 Å². The monoisotopic (exact) mass is 904 g/mol. The van der Waals surface area contributed by atoms with Gasteiger partial charge in [0.1, 0.15) is 11.2 Å². The summed E-state index contributed by atoms with van der Waals surface area (Å²) in [6, 6.07) is 96.8. The van der Waals surface area contributed by atoms with Gasteiger partial charge in [-0.15, -0.1) is 0 Å². The van der Waals surface area contributed by atoms with E-state index in [1.165, 1.54) is 60.0 Å². The van der Waals surface area contributed by atoms with Gasteiger partial charge >= 0.3 is 0 Å². The highest BCUT2D eigenvalue weighted by Gasteiger charge is 2.24. The Morgan fingerprint density at radius 2 is 0.803 bits per heavy atom. The zero-order valence-electron chi connectivity index (χ0n) is 38.7. The van der Waals surface area contributed by atoms with Crippen LogP contribution in [0.25, 0.3) is 115 Å². The van der Waals surface area contributed by atoms with Gasteiger partial charge in [-0.2, -0.15) is 0 Å². The van der Waals surface area contributed by atoms with Crippen LogP contribution in [-0.4, -0.2) is 4.57 Å². The lowest BCUT2D eigenvalue weighted by Crippen LogP contribution is -2.12. The molecule has 0 amide bonds. The number of para-hydroxylation sites is 5. The van der Waals surface area contributed by atoms with Crippen LogP contribution in [0.1, 0.15) is 0 Å². The lowest BCUT2D eigenvalue weighted by Gasteiger charge is -2.30. The molecular weight excluding hydrogens is 861 g/mol. The first-order chi connectivity index (χ1) is 35.2. The molecule has 0 fully saturated rings. The number of furan rings is 1. The van der Waals surface area contributed by atoms with Crippen molar-refractivity contribution in [2.75, 3.05) is 4.90 Å². The van der Waals surface area contributed by atoms with E-state index in [0.29, 0.717) is 0 Å². The van der Waals surface area contributed by atoms with E-state index in [-0.39, 0.29) is 0 Å². The van der Waals surface area contributed by atoms with Crippen molar-refractivity contribution in [3.63, 3.8) is 0 Å². The Balaban J connectivity index is 0.917. The number of anilines is 3. The molecule has 14 aromatic rings. The second-order valence-corrected chi connectivity index (χ2v) is 18.4. The maximum absolute atomic E-state index is 6.47. The number of rotatable bonds is 8. The largest absolute Gasteiger partial charge is 0.456 e. The van der Waals surface area contributed by atoms with Crippen LogP contribution in [-0.2, 0) is 0 Å². The fourth-order valence-corrected chi connectivity index (χ4v) is 11.2. The van der Waals surface area contributed by atoms with Gasteiger partial charge in [0.05, 0.1) is 22.4 Å². The zero-order valence-corrected chi connectivity index (χ0v) is 38.7. The van der Waals surface area contributed by atoms with Gasteiger partial charge in [0.2, 0.25) is 0 Å². The first kappa shape index (κ1) is 40.6. The number of fused-ring (bicyclic) bond motifs is 9. The zero-order chi connectivity index (χ0) is 46.8. The molecule has 0 radical (unpaired) electrons. The molecule has 0 atom stereocenters. The van der Waals surface area contributed by atoms with Crippen molar-refractivity contribution in [2.24, 2.45) is 0 Å². The molecule has 332 valence electrons. The van der Waals surface area contributed by atoms with E-state index < -0.39 is 0 Å². The molecule has 2 aromatic heterocycles. The normalized spacial score (nSPS) is 11.7. The van der Waals surface area contributed by atoms with Crippen molar-refractivity contribution < 1.29 is 4.42 Å². The molecule has 0 saturated carbocycles. The SMILES string of the molecule is c1cc(-c2ccc(N(c3ccccc3-c3cc4ccccc4c4ccccc34)c3ccccc3-c3cccc4oc5ccccc5c34)cc2)cc(-c2cccc(-n3c4ccccc4c4ccccc43)c2)c1. The van der Waals surface area contributed by atoms with E-state index in [2.05, 4.69) is 270 Å².